The minimum absolute atomic E-state index is 0.113. The molecule has 1 aliphatic rings. The van der Waals surface area contributed by atoms with Gasteiger partial charge in [-0.15, -0.1) is 0 Å². The highest BCUT2D eigenvalue weighted by Gasteiger charge is 2.29. The summed E-state index contributed by atoms with van der Waals surface area (Å²) in [5.41, 5.74) is 2.79. The van der Waals surface area contributed by atoms with E-state index in [1.165, 1.54) is 4.31 Å². The zero-order valence-corrected chi connectivity index (χ0v) is 16.9. The number of nitrogens with zero attached hydrogens (tertiary/aromatic N) is 1. The number of carbonyl (C=O) groups excluding carboxylic acids is 1. The summed E-state index contributed by atoms with van der Waals surface area (Å²) in [6.45, 7) is 4.78. The highest BCUT2D eigenvalue weighted by atomic mass is 32.2. The maximum atomic E-state index is 12.5. The Balaban J connectivity index is 1.69. The molecule has 2 aromatic rings. The molecule has 3 rings (SSSR count). The molecule has 0 spiro atoms. The molecule has 28 heavy (non-hydrogen) atoms. The van der Waals surface area contributed by atoms with Crippen molar-refractivity contribution in [3.05, 3.63) is 48.0 Å². The zero-order valence-electron chi connectivity index (χ0n) is 16.1. The van der Waals surface area contributed by atoms with Crippen LogP contribution >= 0.6 is 0 Å². The number of carbonyl (C=O) groups is 1. The quantitative estimate of drug-likeness (QED) is 0.735. The van der Waals surface area contributed by atoms with Gasteiger partial charge in [0.1, 0.15) is 5.75 Å². The molecule has 7 nitrogen and oxygen atoms in total. The first-order valence-corrected chi connectivity index (χ1v) is 11.0. The average Bonchev–Trinajstić information content (AvgIpc) is 3.07. The van der Waals surface area contributed by atoms with Gasteiger partial charge in [0.15, 0.2) is 0 Å². The normalized spacial score (nSPS) is 13.1. The maximum absolute atomic E-state index is 12.5. The Kier molecular flexibility index (Phi) is 6.08. The van der Waals surface area contributed by atoms with Gasteiger partial charge in [-0.3, -0.25) is 4.31 Å². The van der Waals surface area contributed by atoms with E-state index in [1.54, 1.807) is 36.4 Å². The minimum atomic E-state index is -3.33. The number of amides is 2. The lowest BCUT2D eigenvalue weighted by atomic mass is 10.1. The van der Waals surface area contributed by atoms with Gasteiger partial charge >= 0.3 is 6.03 Å². The van der Waals surface area contributed by atoms with Crippen LogP contribution in [0.5, 0.6) is 5.75 Å². The summed E-state index contributed by atoms with van der Waals surface area (Å²) in [4.78, 5) is 12.3. The van der Waals surface area contributed by atoms with E-state index < -0.39 is 16.1 Å². The van der Waals surface area contributed by atoms with Gasteiger partial charge < -0.3 is 15.4 Å². The molecular formula is C20H25N3O4S. The Labute approximate surface area is 165 Å². The van der Waals surface area contributed by atoms with Crippen molar-refractivity contribution < 1.29 is 17.9 Å². The molecule has 0 aromatic heterocycles. The van der Waals surface area contributed by atoms with E-state index in [2.05, 4.69) is 10.6 Å². The van der Waals surface area contributed by atoms with E-state index in [0.717, 1.165) is 11.3 Å². The van der Waals surface area contributed by atoms with E-state index >= 15 is 0 Å². The molecule has 0 saturated heterocycles. The number of fused-ring (bicyclic) bond motifs is 1. The fourth-order valence-corrected chi connectivity index (χ4v) is 4.75. The lowest BCUT2D eigenvalue weighted by Gasteiger charge is -2.19. The van der Waals surface area contributed by atoms with Crippen molar-refractivity contribution in [1.82, 2.24) is 0 Å². The predicted octanol–water partition coefficient (Wildman–Crippen LogP) is 3.83. The smallest absolute Gasteiger partial charge is 0.323 e. The van der Waals surface area contributed by atoms with Crippen LogP contribution in [0.3, 0.4) is 0 Å². The molecule has 2 amide bonds. The summed E-state index contributed by atoms with van der Waals surface area (Å²) in [5, 5.41) is 5.51. The van der Waals surface area contributed by atoms with E-state index in [-0.39, 0.29) is 5.75 Å². The molecule has 0 saturated carbocycles. The lowest BCUT2D eigenvalue weighted by molar-refractivity contribution is 0.262. The second-order valence-corrected chi connectivity index (χ2v) is 8.53. The number of anilines is 3. The van der Waals surface area contributed by atoms with Crippen molar-refractivity contribution in [3.63, 3.8) is 0 Å². The van der Waals surface area contributed by atoms with Crippen LogP contribution in [0.2, 0.25) is 0 Å². The second kappa shape index (κ2) is 8.52. The minimum Gasteiger partial charge on any atom is -0.494 e. The van der Waals surface area contributed by atoms with Crippen molar-refractivity contribution in [2.75, 3.05) is 33.8 Å². The third-order valence-electron chi connectivity index (χ3n) is 4.42. The van der Waals surface area contributed by atoms with Crippen molar-refractivity contribution >= 4 is 33.1 Å². The molecule has 0 aliphatic carbocycles. The van der Waals surface area contributed by atoms with Crippen molar-refractivity contribution in [2.45, 2.75) is 26.7 Å². The van der Waals surface area contributed by atoms with Gasteiger partial charge in [0.05, 0.1) is 18.0 Å². The van der Waals surface area contributed by atoms with Crippen LogP contribution in [0, 0.1) is 0 Å². The third-order valence-corrected chi connectivity index (χ3v) is 6.39. The van der Waals surface area contributed by atoms with Crippen molar-refractivity contribution in [2.24, 2.45) is 0 Å². The van der Waals surface area contributed by atoms with Crippen LogP contribution < -0.4 is 19.7 Å². The molecule has 0 atom stereocenters. The number of ether oxygens (including phenoxy) is 1. The largest absolute Gasteiger partial charge is 0.494 e. The fraction of sp³-hybridized carbons (Fsp3) is 0.350. The first-order valence-electron chi connectivity index (χ1n) is 9.37. The lowest BCUT2D eigenvalue weighted by Crippen LogP contribution is -2.31. The van der Waals surface area contributed by atoms with E-state index in [4.69, 9.17) is 4.74 Å². The van der Waals surface area contributed by atoms with Crippen LogP contribution in [0.15, 0.2) is 42.5 Å². The van der Waals surface area contributed by atoms with Crippen LogP contribution in [0.4, 0.5) is 21.9 Å². The summed E-state index contributed by atoms with van der Waals surface area (Å²) in [6.07, 6.45) is 1.24. The molecule has 1 aliphatic heterocycles. The Hall–Kier alpha value is -2.74. The summed E-state index contributed by atoms with van der Waals surface area (Å²) in [5.74, 6) is 0.850. The second-order valence-electron chi connectivity index (χ2n) is 6.52. The Morgan fingerprint density at radius 2 is 1.75 bits per heavy atom. The predicted molar refractivity (Wildman–Crippen MR) is 112 cm³/mol. The molecule has 0 fully saturated rings. The molecule has 0 unspecified atom stereocenters. The summed E-state index contributed by atoms with van der Waals surface area (Å²) < 4.78 is 31.7. The number of nitrogens with one attached hydrogen (secondary N) is 2. The van der Waals surface area contributed by atoms with Crippen LogP contribution in [-0.2, 0) is 16.4 Å². The van der Waals surface area contributed by atoms with Gasteiger partial charge in [-0.05, 0) is 61.7 Å². The Morgan fingerprint density at radius 3 is 2.43 bits per heavy atom. The van der Waals surface area contributed by atoms with Crippen molar-refractivity contribution in [1.29, 1.82) is 0 Å². The van der Waals surface area contributed by atoms with Gasteiger partial charge in [0, 0.05) is 17.9 Å². The summed E-state index contributed by atoms with van der Waals surface area (Å²) >= 11 is 0. The molecule has 8 heteroatoms. The number of hydrogen-bond acceptors (Lipinski definition) is 4. The molecule has 2 N–H and O–H groups in total. The maximum Gasteiger partial charge on any atom is 0.323 e. The zero-order chi connectivity index (χ0) is 20.1. The summed E-state index contributed by atoms with van der Waals surface area (Å²) in [6, 6.07) is 12.0. The van der Waals surface area contributed by atoms with Gasteiger partial charge in [-0.25, -0.2) is 13.2 Å². The number of hydrogen-bond donors (Lipinski definition) is 2. The third kappa shape index (κ3) is 4.56. The fourth-order valence-electron chi connectivity index (χ4n) is 3.18. The molecule has 0 radical (unpaired) electrons. The Bertz CT molecular complexity index is 942. The molecule has 150 valence electrons. The molecule has 0 bridgehead atoms. The SMILES string of the molecule is CCCS(=O)(=O)N1CCc2ccc(NC(=O)Nc3ccc(OCC)cc3)cc21. The average molecular weight is 404 g/mol. The number of sulfonamides is 1. The van der Waals surface area contributed by atoms with Gasteiger partial charge in [0.25, 0.3) is 0 Å². The van der Waals surface area contributed by atoms with Crippen LogP contribution in [-0.4, -0.2) is 33.4 Å². The topological polar surface area (TPSA) is 87.7 Å². The standard InChI is InChI=1S/C20H25N3O4S/c1-3-13-28(25,26)23-12-11-15-5-6-17(14-19(15)23)22-20(24)21-16-7-9-18(10-8-16)27-4-2/h5-10,14H,3-4,11-13H2,1-2H3,(H2,21,22,24). The molecule has 2 aromatic carbocycles. The van der Waals surface area contributed by atoms with E-state index in [0.29, 0.717) is 43.1 Å². The first kappa shape index (κ1) is 20.0. The van der Waals surface area contributed by atoms with Gasteiger partial charge in [0.2, 0.25) is 10.0 Å². The molecule has 1 heterocycles. The number of benzene rings is 2. The Morgan fingerprint density at radius 1 is 1.07 bits per heavy atom. The van der Waals surface area contributed by atoms with Crippen molar-refractivity contribution in [3.8, 4) is 5.75 Å². The highest BCUT2D eigenvalue weighted by Crippen LogP contribution is 2.33. The highest BCUT2D eigenvalue weighted by molar-refractivity contribution is 7.92. The van der Waals surface area contributed by atoms with E-state index in [9.17, 15) is 13.2 Å². The van der Waals surface area contributed by atoms with Gasteiger partial charge in [-0.1, -0.05) is 13.0 Å². The summed E-state index contributed by atoms with van der Waals surface area (Å²) in [7, 11) is -3.33. The van der Waals surface area contributed by atoms with E-state index in [1.807, 2.05) is 19.9 Å². The molecular weight excluding hydrogens is 378 g/mol. The first-order chi connectivity index (χ1) is 13.4. The van der Waals surface area contributed by atoms with Gasteiger partial charge in [-0.2, -0.15) is 0 Å². The monoisotopic (exact) mass is 403 g/mol. The van der Waals surface area contributed by atoms with Crippen LogP contribution in [0.25, 0.3) is 0 Å². The number of rotatable bonds is 7. The van der Waals surface area contributed by atoms with Crippen LogP contribution in [0.1, 0.15) is 25.8 Å². The number of urea groups is 1.